The Labute approximate surface area is 104 Å². The van der Waals surface area contributed by atoms with Crippen LogP contribution in [0.25, 0.3) is 21.9 Å². The zero-order valence-corrected chi connectivity index (χ0v) is 9.67. The number of aromatic nitrogens is 4. The number of fused-ring (bicyclic) bond motifs is 2. The lowest BCUT2D eigenvalue weighted by Crippen LogP contribution is -1.69. The van der Waals surface area contributed by atoms with E-state index in [0.717, 1.165) is 11.0 Å². The van der Waals surface area contributed by atoms with Gasteiger partial charge in [0.05, 0.1) is 11.7 Å². The fourth-order valence-electron chi connectivity index (χ4n) is 1.77. The Morgan fingerprint density at radius 2 is 1.78 bits per heavy atom. The van der Waals surface area contributed by atoms with Crippen LogP contribution in [0.2, 0.25) is 0 Å². The minimum Gasteiger partial charge on any atom is -0.361 e. The molecule has 0 saturated carbocycles. The predicted octanol–water partition coefficient (Wildman–Crippen LogP) is 3.13. The Morgan fingerprint density at radius 3 is 2.67 bits per heavy atom. The topological polar surface area (TPSA) is 57.4 Å². The van der Waals surface area contributed by atoms with Crippen LogP contribution in [0.3, 0.4) is 0 Å². The van der Waals surface area contributed by atoms with Crippen LogP contribution in [0.1, 0.15) is 0 Å². The van der Waals surface area contributed by atoms with E-state index in [9.17, 15) is 0 Å². The van der Waals surface area contributed by atoms with Gasteiger partial charge >= 0.3 is 0 Å². The molecule has 0 bridgehead atoms. The fourth-order valence-corrected chi connectivity index (χ4v) is 1.77. The summed E-state index contributed by atoms with van der Waals surface area (Å²) in [6.07, 6.45) is 5.40. The van der Waals surface area contributed by atoms with Gasteiger partial charge < -0.3 is 4.98 Å². The van der Waals surface area contributed by atoms with E-state index in [0.29, 0.717) is 0 Å². The maximum Gasteiger partial charge on any atom is 0.108 e. The second-order valence-corrected chi connectivity index (χ2v) is 3.87. The van der Waals surface area contributed by atoms with Crippen molar-refractivity contribution in [1.29, 1.82) is 0 Å². The maximum atomic E-state index is 4.05. The van der Waals surface area contributed by atoms with Gasteiger partial charge in [0.25, 0.3) is 0 Å². The average Bonchev–Trinajstić information content (AvgIpc) is 3.08. The van der Waals surface area contributed by atoms with E-state index in [1.807, 2.05) is 30.5 Å². The molecule has 0 fully saturated rings. The lowest BCUT2D eigenvalue weighted by atomic mass is 10.3. The van der Waals surface area contributed by atoms with E-state index in [4.69, 9.17) is 0 Å². The number of para-hydroxylation sites is 1. The van der Waals surface area contributed by atoms with Crippen LogP contribution >= 0.6 is 0 Å². The molecule has 4 rings (SSSR count). The number of pyridine rings is 1. The van der Waals surface area contributed by atoms with Crippen LogP contribution in [0, 0.1) is 0 Å². The number of hydrogen-bond donors (Lipinski definition) is 2. The molecule has 0 spiro atoms. The van der Waals surface area contributed by atoms with E-state index in [1.165, 1.54) is 10.9 Å². The lowest BCUT2D eigenvalue weighted by molar-refractivity contribution is 1.12. The van der Waals surface area contributed by atoms with Gasteiger partial charge in [-0.3, -0.25) is 10.1 Å². The number of H-pyrrole nitrogens is 2. The summed E-state index contributed by atoms with van der Waals surface area (Å²) >= 11 is 0. The highest BCUT2D eigenvalue weighted by molar-refractivity contribution is 5.78. The number of benzene rings is 1. The lowest BCUT2D eigenvalue weighted by Gasteiger charge is -1.83. The summed E-state index contributed by atoms with van der Waals surface area (Å²) in [5.41, 5.74) is 3.10. The molecule has 4 nitrogen and oxygen atoms in total. The van der Waals surface area contributed by atoms with Crippen molar-refractivity contribution in [3.8, 4) is 0 Å². The minimum absolute atomic E-state index is 0.914. The molecule has 0 amide bonds. The van der Waals surface area contributed by atoms with Gasteiger partial charge in [-0.25, -0.2) is 0 Å². The molecule has 4 aromatic rings. The number of hydrogen-bond acceptors (Lipinski definition) is 2. The maximum absolute atomic E-state index is 4.05. The van der Waals surface area contributed by atoms with E-state index in [1.54, 1.807) is 12.4 Å². The normalized spacial score (nSPS) is 10.2. The highest BCUT2D eigenvalue weighted by atomic mass is 15.1. The Bertz CT molecular complexity index is 628. The number of rotatable bonds is 0. The van der Waals surface area contributed by atoms with Crippen molar-refractivity contribution in [2.45, 2.75) is 0 Å². The quantitative estimate of drug-likeness (QED) is 0.493. The summed E-state index contributed by atoms with van der Waals surface area (Å²) in [5, 5.41) is 7.90. The van der Waals surface area contributed by atoms with E-state index in [-0.39, 0.29) is 0 Å². The second kappa shape index (κ2) is 4.71. The van der Waals surface area contributed by atoms with Gasteiger partial charge in [-0.15, -0.1) is 0 Å². The summed E-state index contributed by atoms with van der Waals surface area (Å²) in [6.45, 7) is 0. The van der Waals surface area contributed by atoms with Crippen molar-refractivity contribution < 1.29 is 0 Å². The van der Waals surface area contributed by atoms with E-state index in [2.05, 4.69) is 38.4 Å². The SMILES string of the molecule is c1ccc2[nH]ccc2c1.c1cnc2cn[nH]c2c1. The van der Waals surface area contributed by atoms with Crippen LogP contribution in [0.5, 0.6) is 0 Å². The summed E-state index contributed by atoms with van der Waals surface area (Å²) in [4.78, 5) is 7.17. The third kappa shape index (κ3) is 2.08. The molecular formula is C14H12N4. The van der Waals surface area contributed by atoms with Crippen molar-refractivity contribution in [3.05, 3.63) is 61.1 Å². The number of nitrogens with one attached hydrogen (secondary N) is 2. The second-order valence-electron chi connectivity index (χ2n) is 3.87. The van der Waals surface area contributed by atoms with Crippen LogP contribution in [0.4, 0.5) is 0 Å². The molecule has 3 heterocycles. The minimum atomic E-state index is 0.914. The molecule has 0 unspecified atom stereocenters. The van der Waals surface area contributed by atoms with Crippen molar-refractivity contribution in [1.82, 2.24) is 20.2 Å². The van der Waals surface area contributed by atoms with Crippen molar-refractivity contribution in [2.24, 2.45) is 0 Å². The van der Waals surface area contributed by atoms with Crippen molar-refractivity contribution >= 4 is 21.9 Å². The average molecular weight is 236 g/mol. The molecule has 88 valence electrons. The molecule has 0 aliphatic carbocycles. The number of nitrogens with zero attached hydrogens (tertiary/aromatic N) is 2. The van der Waals surface area contributed by atoms with Crippen LogP contribution in [-0.2, 0) is 0 Å². The van der Waals surface area contributed by atoms with Gasteiger partial charge in [0, 0.05) is 17.9 Å². The first kappa shape index (κ1) is 10.5. The smallest absolute Gasteiger partial charge is 0.108 e. The Balaban J connectivity index is 0.000000111. The molecule has 0 atom stereocenters. The summed E-state index contributed by atoms with van der Waals surface area (Å²) < 4.78 is 0. The van der Waals surface area contributed by atoms with Crippen molar-refractivity contribution in [2.75, 3.05) is 0 Å². The molecule has 0 aliphatic heterocycles. The number of aromatic amines is 2. The van der Waals surface area contributed by atoms with Gasteiger partial charge in [0.15, 0.2) is 0 Å². The predicted molar refractivity (Wildman–Crippen MR) is 72.2 cm³/mol. The summed E-state index contributed by atoms with van der Waals surface area (Å²) in [5.74, 6) is 0. The summed E-state index contributed by atoms with van der Waals surface area (Å²) in [6, 6.07) is 14.1. The van der Waals surface area contributed by atoms with Gasteiger partial charge in [-0.2, -0.15) is 5.10 Å². The van der Waals surface area contributed by atoms with Crippen LogP contribution in [-0.4, -0.2) is 20.2 Å². The third-order valence-corrected chi connectivity index (χ3v) is 2.67. The molecule has 0 radical (unpaired) electrons. The largest absolute Gasteiger partial charge is 0.361 e. The molecule has 1 aromatic carbocycles. The molecule has 4 heteroatoms. The zero-order chi connectivity index (χ0) is 12.2. The van der Waals surface area contributed by atoms with Gasteiger partial charge in [0.2, 0.25) is 0 Å². The van der Waals surface area contributed by atoms with Gasteiger partial charge in [-0.05, 0) is 29.7 Å². The molecule has 2 N–H and O–H groups in total. The highest BCUT2D eigenvalue weighted by Crippen LogP contribution is 2.09. The first-order valence-corrected chi connectivity index (χ1v) is 5.70. The Kier molecular flexibility index (Phi) is 2.75. The van der Waals surface area contributed by atoms with Crippen molar-refractivity contribution in [3.63, 3.8) is 0 Å². The molecule has 3 aromatic heterocycles. The molecule has 0 saturated heterocycles. The van der Waals surface area contributed by atoms with Crippen LogP contribution < -0.4 is 0 Å². The molecular weight excluding hydrogens is 224 g/mol. The standard InChI is InChI=1S/C8H7N.C6H5N3/c1-2-4-8-7(3-1)5-6-9-8;1-2-5-6(7-3-1)4-8-9-5/h1-6,9H;1-4H,(H,8,9). The monoisotopic (exact) mass is 236 g/mol. The Morgan fingerprint density at radius 1 is 0.889 bits per heavy atom. The van der Waals surface area contributed by atoms with Gasteiger partial charge in [0.1, 0.15) is 5.52 Å². The zero-order valence-electron chi connectivity index (χ0n) is 9.67. The fraction of sp³-hybridized carbons (Fsp3) is 0. The van der Waals surface area contributed by atoms with Gasteiger partial charge in [-0.1, -0.05) is 18.2 Å². The highest BCUT2D eigenvalue weighted by Gasteiger charge is 1.90. The first-order valence-electron chi connectivity index (χ1n) is 5.70. The first-order chi connectivity index (χ1) is 8.93. The Hall–Kier alpha value is -2.62. The summed E-state index contributed by atoms with van der Waals surface area (Å²) in [7, 11) is 0. The van der Waals surface area contributed by atoms with Crippen LogP contribution in [0.15, 0.2) is 61.1 Å². The van der Waals surface area contributed by atoms with E-state index < -0.39 is 0 Å². The molecule has 0 aliphatic rings. The molecule has 18 heavy (non-hydrogen) atoms. The van der Waals surface area contributed by atoms with E-state index >= 15 is 0 Å². The third-order valence-electron chi connectivity index (χ3n) is 2.67.